The molecule has 1 aliphatic rings. The van der Waals surface area contributed by atoms with Gasteiger partial charge in [-0.2, -0.15) is 0 Å². The zero-order chi connectivity index (χ0) is 7.68. The summed E-state index contributed by atoms with van der Waals surface area (Å²) in [6.45, 7) is 2.35. The molecule has 0 spiro atoms. The smallest absolute Gasteiger partial charge is 0.0985 e. The van der Waals surface area contributed by atoms with Crippen LogP contribution in [0.2, 0.25) is 10.6 Å². The maximum atomic E-state index is 2.35. The summed E-state index contributed by atoms with van der Waals surface area (Å²) in [6, 6.07) is 11.0. The van der Waals surface area contributed by atoms with Crippen LogP contribution in [0.15, 0.2) is 30.3 Å². The largest absolute Gasteiger partial charge is 0.268 e. The zero-order valence-electron chi connectivity index (χ0n) is 6.96. The first-order chi connectivity index (χ1) is 5.42. The van der Waals surface area contributed by atoms with Gasteiger partial charge in [0.25, 0.3) is 14.1 Å². The lowest BCUT2D eigenvalue weighted by atomic mass is 10.2. The van der Waals surface area contributed by atoms with Crippen LogP contribution in [-0.4, -0.2) is 14.1 Å². The van der Waals surface area contributed by atoms with Crippen molar-refractivity contribution in [2.45, 2.75) is 22.3 Å². The van der Waals surface area contributed by atoms with Gasteiger partial charge in [-0.05, 0) is 0 Å². The highest BCUT2D eigenvalue weighted by Crippen LogP contribution is 2.42. The van der Waals surface area contributed by atoms with Crippen LogP contribution >= 0.6 is 0 Å². The van der Waals surface area contributed by atoms with Crippen LogP contribution in [0.25, 0.3) is 0 Å². The molecule has 1 aliphatic heterocycles. The van der Waals surface area contributed by atoms with Gasteiger partial charge in [0.2, 0.25) is 0 Å². The monoisotopic (exact) mass is 160 g/mol. The number of hydrogen-bond acceptors (Lipinski definition) is 0. The van der Waals surface area contributed by atoms with Gasteiger partial charge >= 0.3 is 0 Å². The molecule has 0 aromatic heterocycles. The maximum absolute atomic E-state index is 2.35. The first-order valence-corrected chi connectivity index (χ1v) is 6.76. The molecule has 1 aromatic rings. The molecule has 56 valence electrons. The summed E-state index contributed by atoms with van der Waals surface area (Å²) >= 11 is -0.241. The number of benzene rings is 1. The van der Waals surface area contributed by atoms with Gasteiger partial charge in [-0.3, -0.25) is 0 Å². The van der Waals surface area contributed by atoms with E-state index in [0.717, 1.165) is 4.78 Å². The molecule has 1 fully saturated rings. The van der Waals surface area contributed by atoms with E-state index in [1.54, 1.807) is 10.8 Å². The molecule has 1 unspecified atom stereocenters. The predicted octanol–water partition coefficient (Wildman–Crippen LogP) is 2.84. The molecule has 1 aromatic carbocycles. The highest BCUT2D eigenvalue weighted by atomic mass is 27.2. The molecule has 1 atom stereocenters. The fourth-order valence-corrected chi connectivity index (χ4v) is 4.82. The predicted molar refractivity (Wildman–Crippen MR) is 50.2 cm³/mol. The van der Waals surface area contributed by atoms with Crippen LogP contribution in [0.1, 0.15) is 17.3 Å². The Labute approximate surface area is 72.6 Å². The molecule has 0 amide bonds. The van der Waals surface area contributed by atoms with E-state index in [9.17, 15) is 0 Å². The zero-order valence-corrected chi connectivity index (χ0v) is 8.11. The molecule has 0 N–H and O–H groups in total. The van der Waals surface area contributed by atoms with E-state index in [2.05, 4.69) is 37.3 Å². The van der Waals surface area contributed by atoms with Crippen molar-refractivity contribution in [3.8, 4) is 0 Å². The van der Waals surface area contributed by atoms with Gasteiger partial charge in [0.15, 0.2) is 0 Å². The molecule has 2 rings (SSSR count). The molecule has 1 saturated heterocycles. The van der Waals surface area contributed by atoms with Gasteiger partial charge in [-0.15, -0.1) is 0 Å². The molecule has 0 nitrogen and oxygen atoms in total. The molecular formula is C10H13Al. The maximum Gasteiger partial charge on any atom is 0.268 e. The lowest BCUT2D eigenvalue weighted by Crippen LogP contribution is -1.88. The standard InChI is InChI=1S/C8H8.C2H5.Al/c1-2-8-6-4-3-5-7-8;1-2;/h2-7H,1H2;1H2,2H3;. The Morgan fingerprint density at radius 1 is 1.36 bits per heavy atom. The van der Waals surface area contributed by atoms with E-state index in [1.165, 1.54) is 5.28 Å². The fraction of sp³-hybridized carbons (Fsp3) is 0.400. The Hall–Kier alpha value is -0.248. The summed E-state index contributed by atoms with van der Waals surface area (Å²) in [7, 11) is 0. The van der Waals surface area contributed by atoms with Crippen LogP contribution in [0.4, 0.5) is 0 Å². The quantitative estimate of drug-likeness (QED) is 0.583. The summed E-state index contributed by atoms with van der Waals surface area (Å²) in [5.74, 6) is 0. The van der Waals surface area contributed by atoms with Gasteiger partial charge in [-0.1, -0.05) is 58.2 Å². The molecule has 1 heteroatoms. The SMILES string of the molecule is C[CH2][Al]1[CH2][CH]1c1ccccc1. The van der Waals surface area contributed by atoms with E-state index in [4.69, 9.17) is 0 Å². The summed E-state index contributed by atoms with van der Waals surface area (Å²) in [5, 5.41) is 3.04. The van der Waals surface area contributed by atoms with E-state index in [1.807, 2.05) is 0 Å². The third kappa shape index (κ3) is 1.50. The Kier molecular flexibility index (Phi) is 2.03. The Morgan fingerprint density at radius 2 is 2.09 bits per heavy atom. The summed E-state index contributed by atoms with van der Waals surface area (Å²) in [4.78, 5) is 0. The van der Waals surface area contributed by atoms with Gasteiger partial charge in [0.05, 0.1) is 0 Å². The summed E-state index contributed by atoms with van der Waals surface area (Å²) < 4.78 is 1.03. The van der Waals surface area contributed by atoms with E-state index in [-0.39, 0.29) is 14.1 Å². The second kappa shape index (κ2) is 3.01. The molecule has 0 aliphatic carbocycles. The van der Waals surface area contributed by atoms with Crippen molar-refractivity contribution in [3.05, 3.63) is 35.9 Å². The fourth-order valence-electron chi connectivity index (χ4n) is 1.81. The van der Waals surface area contributed by atoms with Gasteiger partial charge < -0.3 is 0 Å². The van der Waals surface area contributed by atoms with Crippen LogP contribution in [0, 0.1) is 0 Å². The lowest BCUT2D eigenvalue weighted by Gasteiger charge is -1.95. The minimum absolute atomic E-state index is 0.241. The van der Waals surface area contributed by atoms with Crippen molar-refractivity contribution in [1.82, 2.24) is 0 Å². The molecule has 1 heterocycles. The average molecular weight is 160 g/mol. The Morgan fingerprint density at radius 3 is 2.64 bits per heavy atom. The van der Waals surface area contributed by atoms with E-state index < -0.39 is 0 Å². The van der Waals surface area contributed by atoms with Crippen LogP contribution in [0.3, 0.4) is 0 Å². The van der Waals surface area contributed by atoms with Crippen LogP contribution in [0.5, 0.6) is 0 Å². The van der Waals surface area contributed by atoms with E-state index in [0.29, 0.717) is 0 Å². The Balaban J connectivity index is 2.09. The molecule has 0 saturated carbocycles. The molecular weight excluding hydrogens is 147 g/mol. The third-order valence-electron chi connectivity index (χ3n) is 2.67. The highest BCUT2D eigenvalue weighted by molar-refractivity contribution is 6.71. The molecule has 11 heavy (non-hydrogen) atoms. The second-order valence-electron chi connectivity index (χ2n) is 3.42. The van der Waals surface area contributed by atoms with Crippen LogP contribution < -0.4 is 0 Å². The average Bonchev–Trinajstić information content (AvgIpc) is 2.85. The van der Waals surface area contributed by atoms with Crippen molar-refractivity contribution in [1.29, 1.82) is 0 Å². The first-order valence-electron chi connectivity index (χ1n) is 4.46. The minimum Gasteiger partial charge on any atom is -0.0985 e. The van der Waals surface area contributed by atoms with Crippen molar-refractivity contribution in [2.24, 2.45) is 0 Å². The first kappa shape index (κ1) is 7.40. The van der Waals surface area contributed by atoms with Crippen LogP contribution in [-0.2, 0) is 0 Å². The normalized spacial score (nSPS) is 21.9. The van der Waals surface area contributed by atoms with Gasteiger partial charge in [0, 0.05) is 0 Å². The van der Waals surface area contributed by atoms with Crippen molar-refractivity contribution in [3.63, 3.8) is 0 Å². The van der Waals surface area contributed by atoms with E-state index >= 15 is 0 Å². The molecule has 0 radical (unpaired) electrons. The van der Waals surface area contributed by atoms with Crippen molar-refractivity contribution >= 4 is 14.1 Å². The highest BCUT2D eigenvalue weighted by Gasteiger charge is 2.41. The van der Waals surface area contributed by atoms with Crippen molar-refractivity contribution < 1.29 is 0 Å². The minimum atomic E-state index is -0.241. The lowest BCUT2D eigenvalue weighted by molar-refractivity contribution is 1.21. The Bertz CT molecular complexity index is 230. The second-order valence-corrected chi connectivity index (χ2v) is 7.03. The summed E-state index contributed by atoms with van der Waals surface area (Å²) in [6.07, 6.45) is 0. The number of rotatable bonds is 2. The van der Waals surface area contributed by atoms with Gasteiger partial charge in [-0.25, -0.2) is 0 Å². The van der Waals surface area contributed by atoms with Crippen molar-refractivity contribution in [2.75, 3.05) is 0 Å². The topological polar surface area (TPSA) is 0 Å². The summed E-state index contributed by atoms with van der Waals surface area (Å²) in [5.41, 5.74) is 1.60. The molecule has 0 bridgehead atoms. The number of hydrogen-bond donors (Lipinski definition) is 0. The van der Waals surface area contributed by atoms with Gasteiger partial charge in [0.1, 0.15) is 0 Å². The third-order valence-corrected chi connectivity index (χ3v) is 5.95.